The van der Waals surface area contributed by atoms with Crippen LogP contribution in [0, 0.1) is 6.92 Å². The monoisotopic (exact) mass is 178 g/mol. The van der Waals surface area contributed by atoms with Crippen molar-refractivity contribution in [1.82, 2.24) is 0 Å². The first-order valence-corrected chi connectivity index (χ1v) is 4.45. The highest BCUT2D eigenvalue weighted by atomic mass is 16.5. The number of hydrogen-bond donors (Lipinski definition) is 0. The van der Waals surface area contributed by atoms with Gasteiger partial charge in [-0.3, -0.25) is 4.79 Å². The maximum absolute atomic E-state index is 11.0. The summed E-state index contributed by atoms with van der Waals surface area (Å²) in [4.78, 5) is 11.0. The lowest BCUT2D eigenvalue weighted by atomic mass is 9.78. The molecule has 1 saturated heterocycles. The second kappa shape index (κ2) is 1.97. The van der Waals surface area contributed by atoms with E-state index in [9.17, 15) is 4.79 Å². The fraction of sp³-hybridized carbons (Fsp3) is 0.500. The van der Waals surface area contributed by atoms with Gasteiger partial charge in [-0.25, -0.2) is 0 Å². The molecule has 1 spiro atoms. The molecule has 0 radical (unpaired) electrons. The van der Waals surface area contributed by atoms with Crippen molar-refractivity contribution in [3.8, 4) is 0 Å². The molecule has 1 unspecified atom stereocenters. The summed E-state index contributed by atoms with van der Waals surface area (Å²) in [6, 6.07) is 2.03. The molecule has 1 aromatic rings. The van der Waals surface area contributed by atoms with Crippen molar-refractivity contribution in [3.63, 3.8) is 0 Å². The third-order valence-corrected chi connectivity index (χ3v) is 3.03. The number of furan rings is 1. The molecule has 0 saturated carbocycles. The standard InChI is InChI=1S/C10H10O3/c1-6-2-8-10(3-7(6)13-8)4-9(11)12-5-10/h2H,3-5H2,1H3. The van der Waals surface area contributed by atoms with E-state index in [-0.39, 0.29) is 11.4 Å². The van der Waals surface area contributed by atoms with Crippen molar-refractivity contribution in [1.29, 1.82) is 0 Å². The Morgan fingerprint density at radius 2 is 2.31 bits per heavy atom. The Kier molecular flexibility index (Phi) is 1.09. The lowest BCUT2D eigenvalue weighted by Gasteiger charge is -2.18. The van der Waals surface area contributed by atoms with Crippen LogP contribution in [0.1, 0.15) is 23.5 Å². The molecular formula is C10H10O3. The van der Waals surface area contributed by atoms with Gasteiger partial charge >= 0.3 is 5.97 Å². The minimum Gasteiger partial charge on any atom is -0.465 e. The summed E-state index contributed by atoms with van der Waals surface area (Å²) < 4.78 is 10.6. The highest BCUT2D eigenvalue weighted by Crippen LogP contribution is 2.45. The lowest BCUT2D eigenvalue weighted by Crippen LogP contribution is -2.27. The zero-order chi connectivity index (χ0) is 9.05. The van der Waals surface area contributed by atoms with E-state index >= 15 is 0 Å². The molecular weight excluding hydrogens is 168 g/mol. The smallest absolute Gasteiger partial charge is 0.306 e. The molecule has 0 aromatic carbocycles. The normalized spacial score (nSPS) is 30.1. The van der Waals surface area contributed by atoms with Crippen molar-refractivity contribution in [2.24, 2.45) is 0 Å². The fourth-order valence-electron chi connectivity index (χ4n) is 2.22. The van der Waals surface area contributed by atoms with Gasteiger partial charge in [0.2, 0.25) is 0 Å². The van der Waals surface area contributed by atoms with Crippen molar-refractivity contribution in [2.75, 3.05) is 6.61 Å². The van der Waals surface area contributed by atoms with Crippen molar-refractivity contribution < 1.29 is 13.9 Å². The van der Waals surface area contributed by atoms with Crippen LogP contribution in [0.5, 0.6) is 0 Å². The Labute approximate surface area is 75.7 Å². The van der Waals surface area contributed by atoms with E-state index < -0.39 is 0 Å². The number of rotatable bonds is 0. The van der Waals surface area contributed by atoms with Crippen LogP contribution in [0.3, 0.4) is 0 Å². The van der Waals surface area contributed by atoms with E-state index in [0.29, 0.717) is 13.0 Å². The first kappa shape index (κ1) is 7.18. The topological polar surface area (TPSA) is 39.4 Å². The van der Waals surface area contributed by atoms with Crippen LogP contribution in [0.25, 0.3) is 0 Å². The van der Waals surface area contributed by atoms with Gasteiger partial charge in [0, 0.05) is 6.42 Å². The molecule has 2 aliphatic heterocycles. The van der Waals surface area contributed by atoms with Gasteiger partial charge in [-0.2, -0.15) is 0 Å². The Morgan fingerprint density at radius 3 is 2.77 bits per heavy atom. The van der Waals surface area contributed by atoms with Gasteiger partial charge in [0.05, 0.1) is 11.8 Å². The van der Waals surface area contributed by atoms with Gasteiger partial charge in [0.15, 0.2) is 0 Å². The molecule has 0 amide bonds. The number of hydrogen-bond acceptors (Lipinski definition) is 3. The Balaban J connectivity index is 2.06. The molecule has 3 heterocycles. The summed E-state index contributed by atoms with van der Waals surface area (Å²) in [6.45, 7) is 2.53. The SMILES string of the molecule is Cc1cc2oc1CC21COC(=O)C1. The van der Waals surface area contributed by atoms with E-state index in [2.05, 4.69) is 0 Å². The highest BCUT2D eigenvalue weighted by molar-refractivity contribution is 5.74. The molecule has 1 aromatic heterocycles. The number of carbonyl (C=O) groups excluding carboxylic acids is 1. The summed E-state index contributed by atoms with van der Waals surface area (Å²) in [5.41, 5.74) is 1.06. The van der Waals surface area contributed by atoms with Gasteiger partial charge in [0.1, 0.15) is 18.1 Å². The zero-order valence-corrected chi connectivity index (χ0v) is 7.42. The molecule has 13 heavy (non-hydrogen) atoms. The average molecular weight is 178 g/mol. The maximum Gasteiger partial charge on any atom is 0.306 e. The van der Waals surface area contributed by atoms with Crippen molar-refractivity contribution in [2.45, 2.75) is 25.2 Å². The summed E-state index contributed by atoms with van der Waals surface area (Å²) in [6.07, 6.45) is 1.33. The van der Waals surface area contributed by atoms with E-state index in [1.165, 1.54) is 5.56 Å². The average Bonchev–Trinajstić information content (AvgIpc) is 2.68. The molecule has 3 nitrogen and oxygen atoms in total. The number of aryl methyl sites for hydroxylation is 1. The van der Waals surface area contributed by atoms with Crippen LogP contribution in [-0.4, -0.2) is 12.6 Å². The van der Waals surface area contributed by atoms with E-state index in [1.807, 2.05) is 13.0 Å². The second-order valence-electron chi connectivity index (χ2n) is 4.01. The number of cyclic esters (lactones) is 1. The Morgan fingerprint density at radius 1 is 1.46 bits per heavy atom. The van der Waals surface area contributed by atoms with Gasteiger partial charge in [-0.05, 0) is 18.6 Å². The zero-order valence-electron chi connectivity index (χ0n) is 7.42. The minimum absolute atomic E-state index is 0.102. The largest absolute Gasteiger partial charge is 0.465 e. The molecule has 0 N–H and O–H groups in total. The van der Waals surface area contributed by atoms with E-state index in [0.717, 1.165) is 17.9 Å². The first-order chi connectivity index (χ1) is 6.20. The Bertz CT molecular complexity index is 387. The molecule has 3 rings (SSSR count). The van der Waals surface area contributed by atoms with Crippen LogP contribution in [0.15, 0.2) is 10.5 Å². The summed E-state index contributed by atoms with van der Waals surface area (Å²) in [5, 5.41) is 0. The third-order valence-electron chi connectivity index (χ3n) is 3.03. The number of esters is 1. The summed E-state index contributed by atoms with van der Waals surface area (Å²) in [7, 11) is 0. The van der Waals surface area contributed by atoms with Crippen LogP contribution in [0.4, 0.5) is 0 Å². The molecule has 0 aliphatic carbocycles. The molecule has 1 atom stereocenters. The van der Waals surface area contributed by atoms with Gasteiger partial charge in [-0.15, -0.1) is 0 Å². The summed E-state index contributed by atoms with van der Waals surface area (Å²) >= 11 is 0. The van der Waals surface area contributed by atoms with Crippen LogP contribution in [-0.2, 0) is 21.4 Å². The van der Waals surface area contributed by atoms with Gasteiger partial charge in [-0.1, -0.05) is 0 Å². The Hall–Kier alpha value is -1.25. The minimum atomic E-state index is -0.133. The molecule has 1 fully saturated rings. The van der Waals surface area contributed by atoms with Crippen LogP contribution >= 0.6 is 0 Å². The number of ether oxygens (including phenoxy) is 1. The number of fused-ring (bicyclic) bond motifs is 3. The van der Waals surface area contributed by atoms with Gasteiger partial charge in [0.25, 0.3) is 0 Å². The molecule has 2 aliphatic rings. The van der Waals surface area contributed by atoms with Crippen LogP contribution in [0.2, 0.25) is 0 Å². The fourth-order valence-corrected chi connectivity index (χ4v) is 2.22. The molecule has 68 valence electrons. The maximum atomic E-state index is 11.0. The van der Waals surface area contributed by atoms with E-state index in [1.54, 1.807) is 0 Å². The first-order valence-electron chi connectivity index (χ1n) is 4.45. The van der Waals surface area contributed by atoms with E-state index in [4.69, 9.17) is 9.15 Å². The molecule has 2 bridgehead atoms. The summed E-state index contributed by atoms with van der Waals surface area (Å²) in [5.74, 6) is 1.86. The van der Waals surface area contributed by atoms with Crippen molar-refractivity contribution >= 4 is 5.97 Å². The van der Waals surface area contributed by atoms with Gasteiger partial charge < -0.3 is 9.15 Å². The predicted molar refractivity (Wildman–Crippen MR) is 44.4 cm³/mol. The lowest BCUT2D eigenvalue weighted by molar-refractivity contribution is -0.137. The molecule has 3 heteroatoms. The third kappa shape index (κ3) is 0.767. The second-order valence-corrected chi connectivity index (χ2v) is 4.01. The quantitative estimate of drug-likeness (QED) is 0.562. The highest BCUT2D eigenvalue weighted by Gasteiger charge is 2.49. The number of carbonyl (C=O) groups is 1. The van der Waals surface area contributed by atoms with Crippen molar-refractivity contribution in [3.05, 3.63) is 23.2 Å². The van der Waals surface area contributed by atoms with Crippen LogP contribution < -0.4 is 0 Å². The predicted octanol–water partition coefficient (Wildman–Crippen LogP) is 1.33.